The van der Waals surface area contributed by atoms with Crippen LogP contribution in [0.2, 0.25) is 0 Å². The number of ether oxygens (including phenoxy) is 2. The second kappa shape index (κ2) is 27.3. The van der Waals surface area contributed by atoms with Gasteiger partial charge in [-0.15, -0.1) is 0 Å². The summed E-state index contributed by atoms with van der Waals surface area (Å²) in [5, 5.41) is 0. The molecule has 0 bridgehead atoms. The van der Waals surface area contributed by atoms with Gasteiger partial charge in [-0.1, -0.05) is 159 Å². The summed E-state index contributed by atoms with van der Waals surface area (Å²) in [5.74, 6) is -0.357. The molecular weight excluding hydrogens is 693 g/mol. The molecule has 0 aromatic rings. The number of unbranched alkanes of at least 4 members (excludes halogenated alkanes) is 22. The monoisotopic (exact) mass is 777 g/mol. The highest BCUT2D eigenvalue weighted by Gasteiger charge is 2.60. The lowest BCUT2D eigenvalue weighted by Gasteiger charge is -2.36. The number of Topliss-reactive ketones (excluding diaryl/α,β-unsaturated/α-hetero) is 1. The van der Waals surface area contributed by atoms with Crippen molar-refractivity contribution in [3.05, 3.63) is 47.1 Å². The predicted octanol–water partition coefficient (Wildman–Crippen LogP) is 14.8. The molecular formula is C51H84O5. The first-order chi connectivity index (χ1) is 27.2. The molecule has 0 aromatic carbocycles. The fourth-order valence-corrected chi connectivity index (χ4v) is 9.07. The van der Waals surface area contributed by atoms with Crippen molar-refractivity contribution < 1.29 is 23.9 Å². The molecule has 0 saturated heterocycles. The zero-order valence-electron chi connectivity index (χ0n) is 37.0. The molecule has 1 spiro atoms. The van der Waals surface area contributed by atoms with Crippen molar-refractivity contribution in [1.29, 1.82) is 0 Å². The van der Waals surface area contributed by atoms with Gasteiger partial charge in [0.25, 0.3) is 0 Å². The molecule has 0 aliphatic heterocycles. The van der Waals surface area contributed by atoms with E-state index in [-0.39, 0.29) is 35.7 Å². The van der Waals surface area contributed by atoms with Crippen molar-refractivity contribution >= 4 is 17.7 Å². The molecule has 0 N–H and O–H groups in total. The molecule has 1 unspecified atom stereocenters. The van der Waals surface area contributed by atoms with Crippen LogP contribution < -0.4 is 0 Å². The minimum atomic E-state index is -0.766. The lowest BCUT2D eigenvalue weighted by molar-refractivity contribution is -0.156. The number of hydrogen-bond donors (Lipinski definition) is 0. The Balaban J connectivity index is 1.37. The van der Waals surface area contributed by atoms with Crippen LogP contribution in [0.4, 0.5) is 0 Å². The third kappa shape index (κ3) is 16.4. The summed E-state index contributed by atoms with van der Waals surface area (Å²) in [6.45, 7) is 10.8. The number of fused-ring (bicyclic) bond motifs is 1. The zero-order chi connectivity index (χ0) is 40.5. The van der Waals surface area contributed by atoms with Crippen LogP contribution in [-0.2, 0) is 23.9 Å². The Labute approximate surface area is 344 Å². The summed E-state index contributed by atoms with van der Waals surface area (Å²) in [6, 6.07) is 0. The van der Waals surface area contributed by atoms with Crippen molar-refractivity contribution in [2.75, 3.05) is 6.61 Å². The number of rotatable bonds is 33. The summed E-state index contributed by atoms with van der Waals surface area (Å²) in [6.07, 6.45) is 45.1. The third-order valence-corrected chi connectivity index (χ3v) is 13.1. The molecule has 0 radical (unpaired) electrons. The maximum Gasteiger partial charge on any atom is 0.306 e. The van der Waals surface area contributed by atoms with Crippen molar-refractivity contribution in [3.63, 3.8) is 0 Å². The Bertz CT molecular complexity index is 1280. The number of allylic oxidation sites excluding steroid dienone is 5. The van der Waals surface area contributed by atoms with Crippen LogP contribution in [0, 0.1) is 16.7 Å². The molecule has 56 heavy (non-hydrogen) atoms. The van der Waals surface area contributed by atoms with Crippen molar-refractivity contribution in [3.8, 4) is 0 Å². The maximum atomic E-state index is 13.7. The summed E-state index contributed by atoms with van der Waals surface area (Å²) < 4.78 is 12.2. The molecule has 3 aliphatic rings. The fourth-order valence-electron chi connectivity index (χ4n) is 9.07. The lowest BCUT2D eigenvalue weighted by Crippen LogP contribution is -2.40. The molecule has 0 aromatic heterocycles. The maximum absolute atomic E-state index is 13.7. The SMILES string of the molecule is CCCCCCCC/C=C/CCCCCCCC(=O)OC[C@]1(C)C=C2C(=O)[C@@H](C)C3(CC3)C(C)=C2C1OC(=O)CCCCCCC/C=C/CCCCCCCC. The van der Waals surface area contributed by atoms with Gasteiger partial charge in [-0.2, -0.15) is 0 Å². The van der Waals surface area contributed by atoms with Crippen LogP contribution in [0.5, 0.6) is 0 Å². The molecule has 3 aliphatic carbocycles. The molecule has 1 saturated carbocycles. The van der Waals surface area contributed by atoms with Gasteiger partial charge in [-0.3, -0.25) is 14.4 Å². The number of hydrogen-bond acceptors (Lipinski definition) is 5. The predicted molar refractivity (Wildman–Crippen MR) is 234 cm³/mol. The lowest BCUT2D eigenvalue weighted by atomic mass is 9.70. The van der Waals surface area contributed by atoms with Gasteiger partial charge in [0, 0.05) is 35.3 Å². The standard InChI is InChI=1S/C51H84O5/c1-6-8-10-12-14-16-18-20-22-24-26-28-30-32-34-36-45(52)55-41-50(5)40-44-47(42(3)51(38-39-51)43(4)48(44)54)49(50)56-46(53)37-35-33-31-29-27-25-23-21-19-17-15-13-11-9-7-2/h20-23,40,43,49H,6-19,24-39,41H2,1-5H3/b22-20+,23-21+/t43-,49?,50+/m1/s1. The highest BCUT2D eigenvalue weighted by molar-refractivity contribution is 6.05. The van der Waals surface area contributed by atoms with Gasteiger partial charge in [0.1, 0.15) is 12.7 Å². The molecule has 3 rings (SSSR count). The summed E-state index contributed by atoms with van der Waals surface area (Å²) in [5.41, 5.74) is 1.89. The number of carbonyl (C=O) groups is 3. The quantitative estimate of drug-likeness (QED) is 0.0377. The Morgan fingerprint density at radius 3 is 1.50 bits per heavy atom. The summed E-state index contributed by atoms with van der Waals surface area (Å²) in [4.78, 5) is 40.0. The molecule has 1 fully saturated rings. The van der Waals surface area contributed by atoms with Gasteiger partial charge >= 0.3 is 11.9 Å². The van der Waals surface area contributed by atoms with E-state index in [1.807, 2.05) is 19.9 Å². The fraction of sp³-hybridized carbons (Fsp3) is 0.784. The second-order valence-electron chi connectivity index (χ2n) is 18.0. The van der Waals surface area contributed by atoms with Gasteiger partial charge in [0.05, 0.1) is 5.41 Å². The van der Waals surface area contributed by atoms with Crippen LogP contribution >= 0.6 is 0 Å². The Morgan fingerprint density at radius 2 is 1.05 bits per heavy atom. The minimum Gasteiger partial charge on any atom is -0.465 e. The number of ketones is 1. The van der Waals surface area contributed by atoms with E-state index in [1.165, 1.54) is 121 Å². The van der Waals surface area contributed by atoms with Crippen molar-refractivity contribution in [2.24, 2.45) is 16.7 Å². The van der Waals surface area contributed by atoms with Crippen LogP contribution in [0.25, 0.3) is 0 Å². The van der Waals surface area contributed by atoms with E-state index in [0.29, 0.717) is 18.4 Å². The van der Waals surface area contributed by atoms with E-state index in [1.54, 1.807) is 0 Å². The number of esters is 2. The first kappa shape index (κ1) is 47.9. The van der Waals surface area contributed by atoms with Gasteiger partial charge in [0.2, 0.25) is 0 Å². The largest absolute Gasteiger partial charge is 0.465 e. The molecule has 0 heterocycles. The van der Waals surface area contributed by atoms with Crippen LogP contribution in [0.15, 0.2) is 47.1 Å². The molecule has 318 valence electrons. The topological polar surface area (TPSA) is 69.7 Å². The molecule has 0 amide bonds. The van der Waals surface area contributed by atoms with Gasteiger partial charge in [-0.05, 0) is 90.9 Å². The van der Waals surface area contributed by atoms with E-state index in [0.717, 1.165) is 69.8 Å². The third-order valence-electron chi connectivity index (χ3n) is 13.1. The summed E-state index contributed by atoms with van der Waals surface area (Å²) in [7, 11) is 0. The van der Waals surface area contributed by atoms with Crippen molar-refractivity contribution in [1.82, 2.24) is 0 Å². The number of carbonyl (C=O) groups excluding carboxylic acids is 3. The second-order valence-corrected chi connectivity index (χ2v) is 18.0. The Morgan fingerprint density at radius 1 is 0.643 bits per heavy atom. The first-order valence-corrected chi connectivity index (χ1v) is 23.8. The van der Waals surface area contributed by atoms with Gasteiger partial charge in [0.15, 0.2) is 5.78 Å². The highest BCUT2D eigenvalue weighted by Crippen LogP contribution is 2.64. The normalized spacial score (nSPS) is 21.4. The minimum absolute atomic E-state index is 0.0734. The van der Waals surface area contributed by atoms with E-state index in [9.17, 15) is 14.4 Å². The smallest absolute Gasteiger partial charge is 0.306 e. The van der Waals surface area contributed by atoms with Crippen LogP contribution in [0.3, 0.4) is 0 Å². The average molecular weight is 777 g/mol. The Hall–Kier alpha value is -2.43. The molecule has 5 heteroatoms. The first-order valence-electron chi connectivity index (χ1n) is 23.8. The van der Waals surface area contributed by atoms with Crippen LogP contribution in [0.1, 0.15) is 227 Å². The summed E-state index contributed by atoms with van der Waals surface area (Å²) >= 11 is 0. The zero-order valence-corrected chi connectivity index (χ0v) is 37.0. The van der Waals surface area contributed by atoms with Gasteiger partial charge < -0.3 is 9.47 Å². The van der Waals surface area contributed by atoms with Crippen molar-refractivity contribution in [2.45, 2.75) is 233 Å². The molecule has 3 atom stereocenters. The highest BCUT2D eigenvalue weighted by atomic mass is 16.6. The van der Waals surface area contributed by atoms with Gasteiger partial charge in [-0.25, -0.2) is 0 Å². The average Bonchev–Trinajstić information content (AvgIpc) is 3.95. The van der Waals surface area contributed by atoms with E-state index >= 15 is 0 Å². The molecule has 5 nitrogen and oxygen atoms in total. The van der Waals surface area contributed by atoms with Crippen LogP contribution in [-0.4, -0.2) is 30.4 Å². The Kier molecular flexibility index (Phi) is 23.4. The van der Waals surface area contributed by atoms with E-state index in [4.69, 9.17) is 9.47 Å². The van der Waals surface area contributed by atoms with E-state index in [2.05, 4.69) is 45.1 Å². The van der Waals surface area contributed by atoms with E-state index < -0.39 is 11.5 Å².